The van der Waals surface area contributed by atoms with E-state index in [-0.39, 0.29) is 11.3 Å². The number of aromatic nitrogens is 1. The molecule has 2 rings (SSSR count). The van der Waals surface area contributed by atoms with Gasteiger partial charge in [-0.05, 0) is 48.0 Å². The molecule has 0 spiro atoms. The fraction of sp³-hybridized carbons (Fsp3) is 0.143. The number of nitrogens with zero attached hydrogens (tertiary/aromatic N) is 1. The molecule has 104 valence electrons. The van der Waals surface area contributed by atoms with Gasteiger partial charge in [-0.1, -0.05) is 15.9 Å². The van der Waals surface area contributed by atoms with Crippen LogP contribution in [0.15, 0.2) is 33.2 Å². The lowest BCUT2D eigenvalue weighted by atomic mass is 10.1. The average Bonchev–Trinajstić information content (AvgIpc) is 2.31. The molecule has 2 aromatic rings. The Labute approximate surface area is 133 Å². The zero-order valence-electron chi connectivity index (χ0n) is 10.8. The van der Waals surface area contributed by atoms with Gasteiger partial charge < -0.3 is 9.84 Å². The van der Waals surface area contributed by atoms with Crippen LogP contribution < -0.4 is 4.74 Å². The lowest BCUT2D eigenvalue weighted by Crippen LogP contribution is -2.06. The van der Waals surface area contributed by atoms with Crippen LogP contribution in [0.25, 0.3) is 0 Å². The van der Waals surface area contributed by atoms with E-state index in [1.54, 1.807) is 26.0 Å². The molecule has 0 radical (unpaired) electrons. The van der Waals surface area contributed by atoms with Gasteiger partial charge in [-0.2, -0.15) is 0 Å². The molecule has 0 unspecified atom stereocenters. The van der Waals surface area contributed by atoms with Crippen molar-refractivity contribution >= 4 is 37.8 Å². The van der Waals surface area contributed by atoms with Crippen LogP contribution in [0.4, 0.5) is 0 Å². The quantitative estimate of drug-likeness (QED) is 0.810. The van der Waals surface area contributed by atoms with E-state index in [1.165, 1.54) is 0 Å². The highest BCUT2D eigenvalue weighted by atomic mass is 79.9. The van der Waals surface area contributed by atoms with E-state index in [0.29, 0.717) is 17.1 Å². The molecule has 0 aliphatic carbocycles. The summed E-state index contributed by atoms with van der Waals surface area (Å²) in [4.78, 5) is 15.5. The number of carboxylic acid groups (broad SMARTS) is 1. The fourth-order valence-electron chi connectivity index (χ4n) is 1.81. The average molecular weight is 401 g/mol. The molecule has 20 heavy (non-hydrogen) atoms. The first-order valence-electron chi connectivity index (χ1n) is 5.73. The Bertz CT molecular complexity index is 686. The summed E-state index contributed by atoms with van der Waals surface area (Å²) in [6, 6.07) is 7.02. The molecule has 1 heterocycles. The fourth-order valence-corrected chi connectivity index (χ4v) is 2.94. The standard InChI is InChI=1S/C14H11Br2NO3/c1-7-5-12(13(14(18)19)8(2)17-7)20-11-4-3-9(15)6-10(11)16/h3-6H,1-2H3,(H,18,19). The van der Waals surface area contributed by atoms with Crippen LogP contribution in [-0.2, 0) is 0 Å². The number of aryl methyl sites for hydroxylation is 2. The number of aromatic carboxylic acids is 1. The van der Waals surface area contributed by atoms with Gasteiger partial charge in [-0.25, -0.2) is 4.79 Å². The minimum atomic E-state index is -1.06. The first-order valence-corrected chi connectivity index (χ1v) is 7.31. The second-order valence-electron chi connectivity index (χ2n) is 4.20. The molecule has 0 atom stereocenters. The van der Waals surface area contributed by atoms with E-state index >= 15 is 0 Å². The number of benzene rings is 1. The van der Waals surface area contributed by atoms with Crippen molar-refractivity contribution in [1.29, 1.82) is 0 Å². The predicted octanol–water partition coefficient (Wildman–Crippen LogP) is 4.71. The van der Waals surface area contributed by atoms with E-state index in [9.17, 15) is 9.90 Å². The Morgan fingerprint density at radius 2 is 1.90 bits per heavy atom. The van der Waals surface area contributed by atoms with E-state index in [4.69, 9.17) is 4.74 Å². The van der Waals surface area contributed by atoms with Crippen molar-refractivity contribution in [3.63, 3.8) is 0 Å². The number of hydrogen-bond donors (Lipinski definition) is 1. The van der Waals surface area contributed by atoms with Gasteiger partial charge in [-0.15, -0.1) is 0 Å². The molecular formula is C14H11Br2NO3. The first-order chi connectivity index (χ1) is 9.38. The van der Waals surface area contributed by atoms with Crippen molar-refractivity contribution in [2.24, 2.45) is 0 Å². The SMILES string of the molecule is Cc1cc(Oc2ccc(Br)cc2Br)c(C(=O)O)c(C)n1. The summed E-state index contributed by atoms with van der Waals surface area (Å²) in [7, 11) is 0. The summed E-state index contributed by atoms with van der Waals surface area (Å²) in [5, 5.41) is 9.29. The van der Waals surface area contributed by atoms with Crippen molar-refractivity contribution in [3.05, 3.63) is 50.2 Å². The molecule has 0 saturated carbocycles. The van der Waals surface area contributed by atoms with Crippen molar-refractivity contribution in [2.45, 2.75) is 13.8 Å². The van der Waals surface area contributed by atoms with Gasteiger partial charge in [0.25, 0.3) is 0 Å². The number of pyridine rings is 1. The minimum Gasteiger partial charge on any atom is -0.477 e. The van der Waals surface area contributed by atoms with Crippen molar-refractivity contribution < 1.29 is 14.6 Å². The van der Waals surface area contributed by atoms with Crippen LogP contribution in [0.2, 0.25) is 0 Å². The molecule has 4 nitrogen and oxygen atoms in total. The van der Waals surface area contributed by atoms with Gasteiger partial charge in [-0.3, -0.25) is 4.98 Å². The third-order valence-corrected chi connectivity index (χ3v) is 3.73. The molecule has 0 aliphatic rings. The molecule has 6 heteroatoms. The zero-order valence-corrected chi connectivity index (χ0v) is 13.9. The van der Waals surface area contributed by atoms with Gasteiger partial charge >= 0.3 is 5.97 Å². The van der Waals surface area contributed by atoms with Crippen LogP contribution in [0.3, 0.4) is 0 Å². The van der Waals surface area contributed by atoms with Crippen LogP contribution in [0, 0.1) is 13.8 Å². The first kappa shape index (κ1) is 15.0. The van der Waals surface area contributed by atoms with E-state index in [2.05, 4.69) is 36.8 Å². The highest BCUT2D eigenvalue weighted by Gasteiger charge is 2.18. The summed E-state index contributed by atoms with van der Waals surface area (Å²) >= 11 is 6.74. The molecular weight excluding hydrogens is 390 g/mol. The molecule has 1 N–H and O–H groups in total. The largest absolute Gasteiger partial charge is 0.477 e. The van der Waals surface area contributed by atoms with Crippen LogP contribution >= 0.6 is 31.9 Å². The number of carbonyl (C=O) groups is 1. The highest BCUT2D eigenvalue weighted by Crippen LogP contribution is 2.34. The Morgan fingerprint density at radius 3 is 2.50 bits per heavy atom. The third kappa shape index (κ3) is 3.19. The third-order valence-electron chi connectivity index (χ3n) is 2.62. The van der Waals surface area contributed by atoms with Crippen molar-refractivity contribution in [3.8, 4) is 11.5 Å². The summed E-state index contributed by atoms with van der Waals surface area (Å²) in [6.07, 6.45) is 0. The zero-order chi connectivity index (χ0) is 14.9. The van der Waals surface area contributed by atoms with E-state index in [0.717, 1.165) is 8.95 Å². The number of carboxylic acids is 1. The summed E-state index contributed by atoms with van der Waals surface area (Å²) in [5.41, 5.74) is 1.21. The van der Waals surface area contributed by atoms with Crippen LogP contribution in [0.5, 0.6) is 11.5 Å². The van der Waals surface area contributed by atoms with Crippen molar-refractivity contribution in [2.75, 3.05) is 0 Å². The molecule has 0 aliphatic heterocycles. The van der Waals surface area contributed by atoms with Crippen molar-refractivity contribution in [1.82, 2.24) is 4.98 Å². The second kappa shape index (κ2) is 5.93. The normalized spacial score (nSPS) is 10.4. The molecule has 0 amide bonds. The molecule has 0 saturated heterocycles. The maximum Gasteiger partial charge on any atom is 0.341 e. The molecule has 1 aromatic heterocycles. The maximum absolute atomic E-state index is 11.3. The Kier molecular flexibility index (Phi) is 4.45. The monoisotopic (exact) mass is 399 g/mol. The molecule has 1 aromatic carbocycles. The van der Waals surface area contributed by atoms with Crippen LogP contribution in [-0.4, -0.2) is 16.1 Å². The summed E-state index contributed by atoms with van der Waals surface area (Å²) < 4.78 is 7.36. The maximum atomic E-state index is 11.3. The highest BCUT2D eigenvalue weighted by molar-refractivity contribution is 9.11. The Balaban J connectivity index is 2.50. The lowest BCUT2D eigenvalue weighted by Gasteiger charge is -2.12. The second-order valence-corrected chi connectivity index (χ2v) is 5.97. The molecule has 0 bridgehead atoms. The van der Waals surface area contributed by atoms with Crippen LogP contribution in [0.1, 0.15) is 21.7 Å². The van der Waals surface area contributed by atoms with Gasteiger partial charge in [0.1, 0.15) is 17.1 Å². The molecule has 0 fully saturated rings. The Hall–Kier alpha value is -1.40. The van der Waals surface area contributed by atoms with Gasteiger partial charge in [0.2, 0.25) is 0 Å². The number of halogens is 2. The van der Waals surface area contributed by atoms with E-state index in [1.807, 2.05) is 12.1 Å². The predicted molar refractivity (Wildman–Crippen MR) is 82.6 cm³/mol. The smallest absolute Gasteiger partial charge is 0.341 e. The summed E-state index contributed by atoms with van der Waals surface area (Å²) in [5.74, 6) is -0.232. The number of rotatable bonds is 3. The van der Waals surface area contributed by atoms with E-state index < -0.39 is 5.97 Å². The number of hydrogen-bond acceptors (Lipinski definition) is 3. The van der Waals surface area contributed by atoms with Gasteiger partial charge in [0, 0.05) is 16.2 Å². The van der Waals surface area contributed by atoms with Gasteiger partial charge in [0.05, 0.1) is 10.2 Å². The van der Waals surface area contributed by atoms with Gasteiger partial charge in [0.15, 0.2) is 0 Å². The topological polar surface area (TPSA) is 59.4 Å². The summed E-state index contributed by atoms with van der Waals surface area (Å²) in [6.45, 7) is 3.45. The number of ether oxygens (including phenoxy) is 1. The lowest BCUT2D eigenvalue weighted by molar-refractivity contribution is 0.0692. The Morgan fingerprint density at radius 1 is 1.20 bits per heavy atom. The minimum absolute atomic E-state index is 0.0745.